The van der Waals surface area contributed by atoms with Crippen LogP contribution in [-0.4, -0.2) is 37.5 Å². The van der Waals surface area contributed by atoms with Gasteiger partial charge >= 0.3 is 59.1 Å². The average molecular weight is 703 g/mol. The van der Waals surface area contributed by atoms with Crippen LogP contribution in [-0.2, 0) is 33.5 Å². The van der Waals surface area contributed by atoms with E-state index < -0.39 is 41.5 Å². The molecule has 14 heteroatoms. The molecular formula is C34H24Na2O10S2. The summed E-state index contributed by atoms with van der Waals surface area (Å²) >= 11 is 0. The molecule has 0 radical (unpaired) electrons. The van der Waals surface area contributed by atoms with Crippen molar-refractivity contribution in [3.8, 4) is 11.5 Å². The maximum Gasteiger partial charge on any atom is 1.00 e. The monoisotopic (exact) mass is 702 g/mol. The molecule has 0 atom stereocenters. The van der Waals surface area contributed by atoms with Crippen LogP contribution in [0.4, 0.5) is 0 Å². The van der Waals surface area contributed by atoms with E-state index in [1.165, 1.54) is 0 Å². The topological polar surface area (TPSA) is 167 Å². The van der Waals surface area contributed by atoms with Crippen LogP contribution in [0.1, 0.15) is 43.0 Å². The van der Waals surface area contributed by atoms with E-state index in [0.717, 1.165) is 6.07 Å². The van der Waals surface area contributed by atoms with Crippen molar-refractivity contribution in [3.63, 3.8) is 0 Å². The van der Waals surface area contributed by atoms with Crippen LogP contribution >= 0.6 is 0 Å². The quantitative estimate of drug-likeness (QED) is 0.0906. The van der Waals surface area contributed by atoms with Gasteiger partial charge in [-0.1, -0.05) is 109 Å². The molecule has 10 nitrogen and oxygen atoms in total. The zero-order chi connectivity index (χ0) is 32.9. The second kappa shape index (κ2) is 17.0. The van der Waals surface area contributed by atoms with E-state index in [9.17, 15) is 35.5 Å². The van der Waals surface area contributed by atoms with Crippen molar-refractivity contribution in [3.05, 3.63) is 155 Å². The number of ether oxygens (including phenoxy) is 2. The van der Waals surface area contributed by atoms with Gasteiger partial charge < -0.3 is 18.6 Å². The summed E-state index contributed by atoms with van der Waals surface area (Å²) in [7, 11) is -10.6. The molecule has 0 N–H and O–H groups in total. The number of carbonyl (C=O) groups excluding carboxylic acids is 2. The minimum Gasteiger partial charge on any atom is -0.744 e. The molecule has 0 unspecified atom stereocenters. The zero-order valence-electron chi connectivity index (χ0n) is 25.9. The average Bonchev–Trinajstić information content (AvgIpc) is 3.06. The summed E-state index contributed by atoms with van der Waals surface area (Å²) in [6, 6.07) is 31.0. The van der Waals surface area contributed by atoms with Crippen molar-refractivity contribution in [1.82, 2.24) is 0 Å². The first-order chi connectivity index (χ1) is 21.9. The Kier molecular flexibility index (Phi) is 13.9. The molecule has 0 saturated heterocycles. The van der Waals surface area contributed by atoms with Gasteiger partial charge in [-0.25, -0.2) is 16.8 Å². The van der Waals surface area contributed by atoms with Crippen molar-refractivity contribution in [1.29, 1.82) is 0 Å². The summed E-state index contributed by atoms with van der Waals surface area (Å²) in [6.45, 7) is -0.578. The van der Waals surface area contributed by atoms with Crippen molar-refractivity contribution in [2.45, 2.75) is 23.0 Å². The van der Waals surface area contributed by atoms with Gasteiger partial charge in [0.2, 0.25) is 0 Å². The predicted molar refractivity (Wildman–Crippen MR) is 164 cm³/mol. The Bertz CT molecular complexity index is 2110. The Morgan fingerprint density at radius 3 is 1.31 bits per heavy atom. The molecule has 0 spiro atoms. The number of hydrogen-bond acceptors (Lipinski definition) is 10. The van der Waals surface area contributed by atoms with Gasteiger partial charge in [0.25, 0.3) is 0 Å². The second-order valence-electron chi connectivity index (χ2n) is 10.0. The SMILES string of the molecule is O=C(c1ccccc1)c1ccc(COc2cc(S(=O)(=O)[O-])cc(S(=O)(=O)[O-])c2OCc2ccc(C(=O)c3ccccc3)cc2)cc1.[Na+].[Na+]. The van der Waals surface area contributed by atoms with E-state index in [1.807, 2.05) is 0 Å². The molecule has 5 aromatic carbocycles. The first-order valence-electron chi connectivity index (χ1n) is 13.6. The predicted octanol–water partition coefficient (Wildman–Crippen LogP) is -0.877. The van der Waals surface area contributed by atoms with Crippen molar-refractivity contribution >= 4 is 31.8 Å². The molecule has 0 heterocycles. The van der Waals surface area contributed by atoms with Crippen LogP contribution in [0.2, 0.25) is 0 Å². The van der Waals surface area contributed by atoms with Crippen LogP contribution in [0.25, 0.3) is 0 Å². The van der Waals surface area contributed by atoms with E-state index >= 15 is 0 Å². The van der Waals surface area contributed by atoms with Gasteiger partial charge in [-0.3, -0.25) is 9.59 Å². The minimum atomic E-state index is -5.36. The number of rotatable bonds is 12. The fourth-order valence-electron chi connectivity index (χ4n) is 4.47. The Balaban J connectivity index is 0.00000312. The minimum absolute atomic E-state index is 0. The molecule has 0 saturated carbocycles. The molecule has 0 aliphatic rings. The standard InChI is InChI=1S/C34H26O10S2.2Na/c35-32(25-7-3-1-4-8-25)27-15-11-23(12-16-27)21-43-30-19-29(45(37,38)39)20-31(46(40,41)42)34(30)44-22-24-13-17-28(18-14-24)33(36)26-9-5-2-6-10-26;;/h1-20H,21-22H2,(H,37,38,39)(H,40,41,42);;/q;2*+1/p-2. The summed E-state index contributed by atoms with van der Waals surface area (Å²) in [4.78, 5) is 23.3. The van der Waals surface area contributed by atoms with Crippen LogP contribution in [0.15, 0.2) is 131 Å². The largest absolute Gasteiger partial charge is 1.00 e. The smallest absolute Gasteiger partial charge is 0.744 e. The second-order valence-corrected chi connectivity index (χ2v) is 12.7. The van der Waals surface area contributed by atoms with Crippen molar-refractivity contribution < 1.29 is 104 Å². The van der Waals surface area contributed by atoms with Gasteiger partial charge in [0.15, 0.2) is 23.1 Å². The zero-order valence-corrected chi connectivity index (χ0v) is 31.5. The van der Waals surface area contributed by atoms with Gasteiger partial charge in [-0.2, -0.15) is 0 Å². The Labute approximate surface area is 322 Å². The van der Waals surface area contributed by atoms with E-state index in [0.29, 0.717) is 39.4 Å². The molecule has 5 rings (SSSR count). The summed E-state index contributed by atoms with van der Waals surface area (Å²) in [5.41, 5.74) is 2.75. The first kappa shape index (κ1) is 39.3. The number of benzene rings is 5. The maximum absolute atomic E-state index is 12.7. The third-order valence-electron chi connectivity index (χ3n) is 6.83. The van der Waals surface area contributed by atoms with E-state index in [-0.39, 0.29) is 83.9 Å². The molecule has 5 aromatic rings. The molecule has 0 amide bonds. The van der Waals surface area contributed by atoms with Crippen LogP contribution < -0.4 is 68.6 Å². The molecule has 0 aliphatic carbocycles. The first-order valence-corrected chi connectivity index (χ1v) is 16.4. The third kappa shape index (κ3) is 9.95. The Hall–Kier alpha value is -3.14. The van der Waals surface area contributed by atoms with Crippen LogP contribution in [0.3, 0.4) is 0 Å². The molecule has 0 aromatic heterocycles. The fraction of sp³-hybridized carbons (Fsp3) is 0.0588. The number of ketones is 2. The van der Waals surface area contributed by atoms with Gasteiger partial charge in [-0.15, -0.1) is 0 Å². The van der Waals surface area contributed by atoms with E-state index in [2.05, 4.69) is 0 Å². The summed E-state index contributed by atoms with van der Waals surface area (Å²) in [5, 5.41) is 0. The Morgan fingerprint density at radius 2 is 0.917 bits per heavy atom. The Morgan fingerprint density at radius 1 is 0.521 bits per heavy atom. The summed E-state index contributed by atoms with van der Waals surface area (Å²) < 4.78 is 83.4. The van der Waals surface area contributed by atoms with E-state index in [4.69, 9.17) is 9.47 Å². The van der Waals surface area contributed by atoms with Crippen LogP contribution in [0.5, 0.6) is 11.5 Å². The van der Waals surface area contributed by atoms with Crippen molar-refractivity contribution in [2.24, 2.45) is 0 Å². The summed E-state index contributed by atoms with van der Waals surface area (Å²) in [5.74, 6) is -1.50. The van der Waals surface area contributed by atoms with E-state index in [1.54, 1.807) is 109 Å². The summed E-state index contributed by atoms with van der Waals surface area (Å²) in [6.07, 6.45) is 0. The number of hydrogen-bond donors (Lipinski definition) is 0. The number of carbonyl (C=O) groups is 2. The van der Waals surface area contributed by atoms with Gasteiger partial charge in [-0.05, 0) is 17.2 Å². The molecule has 0 fully saturated rings. The molecule has 0 bridgehead atoms. The fourth-order valence-corrected chi connectivity index (χ4v) is 5.71. The van der Waals surface area contributed by atoms with Crippen LogP contribution in [0, 0.1) is 0 Å². The maximum atomic E-state index is 12.7. The van der Waals surface area contributed by atoms with Crippen molar-refractivity contribution in [2.75, 3.05) is 0 Å². The molecule has 0 aliphatic heterocycles. The molecular weight excluding hydrogens is 678 g/mol. The third-order valence-corrected chi connectivity index (χ3v) is 8.49. The molecule has 48 heavy (non-hydrogen) atoms. The van der Waals surface area contributed by atoms with Gasteiger partial charge in [0.1, 0.15) is 38.3 Å². The van der Waals surface area contributed by atoms with Gasteiger partial charge in [0.05, 0.1) is 4.90 Å². The normalized spacial score (nSPS) is 11.0. The van der Waals surface area contributed by atoms with Gasteiger partial charge in [0, 0.05) is 28.3 Å². The molecule has 234 valence electrons.